The van der Waals surface area contributed by atoms with Gasteiger partial charge in [-0.15, -0.1) is 0 Å². The van der Waals surface area contributed by atoms with Gasteiger partial charge in [-0.3, -0.25) is 4.57 Å². The number of nitrogens with two attached hydrogens (primary N) is 1. The SMILES string of the molecule is N#Cc1ccc2nc(N)n(-c3ccccc3Br)c2c1. The summed E-state index contributed by atoms with van der Waals surface area (Å²) in [5.41, 5.74) is 9.07. The third-order valence-electron chi connectivity index (χ3n) is 2.90. The van der Waals surface area contributed by atoms with Gasteiger partial charge in [-0.2, -0.15) is 5.26 Å². The van der Waals surface area contributed by atoms with Crippen LogP contribution in [0.15, 0.2) is 46.9 Å². The molecule has 3 rings (SSSR count). The summed E-state index contributed by atoms with van der Waals surface area (Å²) in [6.45, 7) is 0. The Balaban J connectivity index is 2.38. The van der Waals surface area contributed by atoms with E-state index in [0.717, 1.165) is 21.2 Å². The number of benzene rings is 2. The fourth-order valence-corrected chi connectivity index (χ4v) is 2.51. The lowest BCUT2D eigenvalue weighted by atomic mass is 10.2. The molecule has 0 saturated carbocycles. The number of nitrogens with zero attached hydrogens (tertiary/aromatic N) is 3. The summed E-state index contributed by atoms with van der Waals surface area (Å²) < 4.78 is 2.75. The van der Waals surface area contributed by atoms with Crippen molar-refractivity contribution in [1.29, 1.82) is 5.26 Å². The molecule has 2 aromatic carbocycles. The highest BCUT2D eigenvalue weighted by molar-refractivity contribution is 9.10. The molecule has 0 amide bonds. The van der Waals surface area contributed by atoms with Gasteiger partial charge in [0.2, 0.25) is 5.95 Å². The first-order chi connectivity index (χ1) is 9.20. The molecule has 0 aliphatic rings. The molecule has 0 aliphatic carbocycles. The lowest BCUT2D eigenvalue weighted by Crippen LogP contribution is -2.01. The third kappa shape index (κ3) is 1.86. The summed E-state index contributed by atoms with van der Waals surface area (Å²) >= 11 is 3.50. The van der Waals surface area contributed by atoms with Gasteiger partial charge in [0, 0.05) is 4.47 Å². The number of halogens is 1. The standard InChI is InChI=1S/C14H9BrN4/c15-10-3-1-2-4-12(10)19-13-7-9(8-16)5-6-11(13)18-14(19)17/h1-7H,(H2,17,18). The molecule has 92 valence electrons. The molecule has 2 N–H and O–H groups in total. The summed E-state index contributed by atoms with van der Waals surface area (Å²) in [4.78, 5) is 4.32. The van der Waals surface area contributed by atoms with E-state index in [1.807, 2.05) is 28.8 Å². The Morgan fingerprint density at radius 1 is 1.21 bits per heavy atom. The van der Waals surface area contributed by atoms with Crippen LogP contribution in [0.4, 0.5) is 5.95 Å². The van der Waals surface area contributed by atoms with Crippen LogP contribution in [0.5, 0.6) is 0 Å². The summed E-state index contributed by atoms with van der Waals surface area (Å²) in [5, 5.41) is 9.00. The zero-order valence-corrected chi connectivity index (χ0v) is 11.4. The van der Waals surface area contributed by atoms with Crippen molar-refractivity contribution < 1.29 is 0 Å². The molecule has 0 spiro atoms. The van der Waals surface area contributed by atoms with Crippen LogP contribution in [-0.2, 0) is 0 Å². The van der Waals surface area contributed by atoms with E-state index < -0.39 is 0 Å². The van der Waals surface area contributed by atoms with Crippen LogP contribution in [0.3, 0.4) is 0 Å². The fraction of sp³-hybridized carbons (Fsp3) is 0. The van der Waals surface area contributed by atoms with Gasteiger partial charge >= 0.3 is 0 Å². The largest absolute Gasteiger partial charge is 0.369 e. The van der Waals surface area contributed by atoms with Gasteiger partial charge in [-0.05, 0) is 46.3 Å². The van der Waals surface area contributed by atoms with Crippen LogP contribution in [0.25, 0.3) is 16.7 Å². The highest BCUT2D eigenvalue weighted by Crippen LogP contribution is 2.28. The first-order valence-corrected chi connectivity index (χ1v) is 6.43. The highest BCUT2D eigenvalue weighted by atomic mass is 79.9. The number of para-hydroxylation sites is 1. The van der Waals surface area contributed by atoms with E-state index in [1.165, 1.54) is 0 Å². The molecular formula is C14H9BrN4. The smallest absolute Gasteiger partial charge is 0.205 e. The summed E-state index contributed by atoms with van der Waals surface area (Å²) in [6.07, 6.45) is 0. The number of hydrogen-bond acceptors (Lipinski definition) is 3. The molecule has 0 unspecified atom stereocenters. The van der Waals surface area contributed by atoms with Crippen LogP contribution >= 0.6 is 15.9 Å². The van der Waals surface area contributed by atoms with Crippen molar-refractivity contribution >= 4 is 32.9 Å². The van der Waals surface area contributed by atoms with Crippen molar-refractivity contribution in [3.05, 3.63) is 52.5 Å². The Labute approximate surface area is 118 Å². The monoisotopic (exact) mass is 312 g/mol. The number of aromatic nitrogens is 2. The maximum atomic E-state index is 9.00. The Morgan fingerprint density at radius 3 is 2.74 bits per heavy atom. The Bertz CT molecular complexity index is 814. The number of anilines is 1. The van der Waals surface area contributed by atoms with Crippen LogP contribution < -0.4 is 5.73 Å². The van der Waals surface area contributed by atoms with Crippen LogP contribution in [0.1, 0.15) is 5.56 Å². The predicted octanol–water partition coefficient (Wildman–Crippen LogP) is 3.24. The van der Waals surface area contributed by atoms with Gasteiger partial charge in [-0.25, -0.2) is 4.98 Å². The number of fused-ring (bicyclic) bond motifs is 1. The average Bonchev–Trinajstić information content (AvgIpc) is 2.74. The van der Waals surface area contributed by atoms with E-state index in [0.29, 0.717) is 11.5 Å². The van der Waals surface area contributed by atoms with Crippen molar-refractivity contribution in [1.82, 2.24) is 9.55 Å². The van der Waals surface area contributed by atoms with Crippen LogP contribution in [0, 0.1) is 11.3 Å². The highest BCUT2D eigenvalue weighted by Gasteiger charge is 2.12. The topological polar surface area (TPSA) is 67.6 Å². The van der Waals surface area contributed by atoms with Crippen molar-refractivity contribution in [3.63, 3.8) is 0 Å². The van der Waals surface area contributed by atoms with Crippen molar-refractivity contribution in [2.75, 3.05) is 5.73 Å². The quantitative estimate of drug-likeness (QED) is 0.750. The minimum Gasteiger partial charge on any atom is -0.369 e. The molecular weight excluding hydrogens is 304 g/mol. The van der Waals surface area contributed by atoms with Gasteiger partial charge in [0.15, 0.2) is 0 Å². The average molecular weight is 313 g/mol. The number of nitrogen functional groups attached to an aromatic ring is 1. The van der Waals surface area contributed by atoms with E-state index >= 15 is 0 Å². The Morgan fingerprint density at radius 2 is 2.00 bits per heavy atom. The lowest BCUT2D eigenvalue weighted by molar-refractivity contribution is 1.10. The van der Waals surface area contributed by atoms with E-state index in [9.17, 15) is 0 Å². The zero-order chi connectivity index (χ0) is 13.4. The molecule has 0 aliphatic heterocycles. The van der Waals surface area contributed by atoms with E-state index in [1.54, 1.807) is 18.2 Å². The molecule has 1 heterocycles. The second-order valence-electron chi connectivity index (χ2n) is 4.07. The van der Waals surface area contributed by atoms with Crippen LogP contribution in [0.2, 0.25) is 0 Å². The number of imidazole rings is 1. The molecule has 0 saturated heterocycles. The molecule has 3 aromatic rings. The molecule has 4 nitrogen and oxygen atoms in total. The normalized spacial score (nSPS) is 10.5. The van der Waals surface area contributed by atoms with E-state index in [2.05, 4.69) is 27.0 Å². The molecule has 0 radical (unpaired) electrons. The van der Waals surface area contributed by atoms with Gasteiger partial charge in [0.05, 0.1) is 28.4 Å². The van der Waals surface area contributed by atoms with E-state index in [4.69, 9.17) is 11.0 Å². The maximum absolute atomic E-state index is 9.00. The minimum atomic E-state index is 0.400. The Hall–Kier alpha value is -2.32. The van der Waals surface area contributed by atoms with Crippen LogP contribution in [-0.4, -0.2) is 9.55 Å². The maximum Gasteiger partial charge on any atom is 0.205 e. The first kappa shape index (κ1) is 11.8. The summed E-state index contributed by atoms with van der Waals surface area (Å²) in [5.74, 6) is 0.400. The van der Waals surface area contributed by atoms with Crippen molar-refractivity contribution in [3.8, 4) is 11.8 Å². The second-order valence-corrected chi connectivity index (χ2v) is 4.93. The van der Waals surface area contributed by atoms with E-state index in [-0.39, 0.29) is 0 Å². The number of rotatable bonds is 1. The fourth-order valence-electron chi connectivity index (χ4n) is 2.05. The Kier molecular flexibility index (Phi) is 2.73. The van der Waals surface area contributed by atoms with Gasteiger partial charge < -0.3 is 5.73 Å². The molecule has 0 bridgehead atoms. The third-order valence-corrected chi connectivity index (χ3v) is 3.57. The summed E-state index contributed by atoms with van der Waals surface area (Å²) in [7, 11) is 0. The first-order valence-electron chi connectivity index (χ1n) is 5.63. The van der Waals surface area contributed by atoms with Gasteiger partial charge in [0.25, 0.3) is 0 Å². The number of nitriles is 1. The molecule has 5 heteroatoms. The molecule has 0 atom stereocenters. The predicted molar refractivity (Wildman–Crippen MR) is 77.9 cm³/mol. The number of hydrogen-bond donors (Lipinski definition) is 1. The van der Waals surface area contributed by atoms with Crippen molar-refractivity contribution in [2.24, 2.45) is 0 Å². The molecule has 19 heavy (non-hydrogen) atoms. The second kappa shape index (κ2) is 4.41. The van der Waals surface area contributed by atoms with Crippen molar-refractivity contribution in [2.45, 2.75) is 0 Å². The molecule has 0 fully saturated rings. The van der Waals surface area contributed by atoms with Gasteiger partial charge in [0.1, 0.15) is 0 Å². The minimum absolute atomic E-state index is 0.400. The van der Waals surface area contributed by atoms with Gasteiger partial charge in [-0.1, -0.05) is 12.1 Å². The molecule has 1 aromatic heterocycles. The lowest BCUT2D eigenvalue weighted by Gasteiger charge is -2.08. The zero-order valence-electron chi connectivity index (χ0n) is 9.84. The summed E-state index contributed by atoms with van der Waals surface area (Å²) in [6, 6.07) is 15.2.